The Morgan fingerprint density at radius 1 is 1.26 bits per heavy atom. The maximum atomic E-state index is 11.0. The fraction of sp³-hybridized carbons (Fsp3) is 0.500. The summed E-state index contributed by atoms with van der Waals surface area (Å²) in [4.78, 5) is -0.0886. The van der Waals surface area contributed by atoms with Crippen LogP contribution >= 0.6 is 0 Å². The molecule has 1 aliphatic heterocycles. The lowest BCUT2D eigenvalue weighted by Gasteiger charge is -2.38. The molecule has 0 radical (unpaired) electrons. The third-order valence-electron chi connectivity index (χ3n) is 3.06. The van der Waals surface area contributed by atoms with Gasteiger partial charge in [-0.05, 0) is 31.2 Å². The van der Waals surface area contributed by atoms with Crippen molar-refractivity contribution in [2.75, 3.05) is 37.9 Å². The van der Waals surface area contributed by atoms with Crippen LogP contribution in [0.25, 0.3) is 0 Å². The summed E-state index contributed by atoms with van der Waals surface area (Å²) in [5.41, 5.74) is 0.900. The van der Waals surface area contributed by atoms with Crippen LogP contribution in [-0.2, 0) is 14.9 Å². The summed E-state index contributed by atoms with van der Waals surface area (Å²) in [5.74, 6) is 0. The average molecular weight is 286 g/mol. The predicted molar refractivity (Wildman–Crippen MR) is 71.7 cm³/mol. The van der Waals surface area contributed by atoms with Crippen LogP contribution in [0.3, 0.4) is 0 Å². The van der Waals surface area contributed by atoms with E-state index in [1.165, 1.54) is 12.1 Å². The minimum absolute atomic E-state index is 0.0886. The maximum absolute atomic E-state index is 11.0. The highest BCUT2D eigenvalue weighted by Gasteiger charge is 2.18. The van der Waals surface area contributed by atoms with E-state index in [1.807, 2.05) is 6.92 Å². The summed E-state index contributed by atoms with van der Waals surface area (Å²) in [7, 11) is -4.13. The van der Waals surface area contributed by atoms with Gasteiger partial charge in [-0.25, -0.2) is 5.01 Å². The van der Waals surface area contributed by atoms with Crippen molar-refractivity contribution in [3.63, 3.8) is 0 Å². The van der Waals surface area contributed by atoms with Crippen molar-refractivity contribution < 1.29 is 17.7 Å². The zero-order valence-electron chi connectivity index (χ0n) is 10.8. The first-order valence-corrected chi connectivity index (χ1v) is 7.64. The van der Waals surface area contributed by atoms with Crippen LogP contribution in [0.5, 0.6) is 0 Å². The maximum Gasteiger partial charge on any atom is 0.294 e. The fourth-order valence-electron chi connectivity index (χ4n) is 2.13. The molecule has 0 aliphatic carbocycles. The van der Waals surface area contributed by atoms with Gasteiger partial charge >= 0.3 is 0 Å². The van der Waals surface area contributed by atoms with Gasteiger partial charge < -0.3 is 9.75 Å². The quantitative estimate of drug-likeness (QED) is 0.833. The number of benzene rings is 1. The van der Waals surface area contributed by atoms with Crippen LogP contribution < -0.4 is 5.01 Å². The van der Waals surface area contributed by atoms with Gasteiger partial charge in [0.25, 0.3) is 10.1 Å². The molecule has 0 unspecified atom stereocenters. The van der Waals surface area contributed by atoms with Gasteiger partial charge in [0.2, 0.25) is 0 Å². The van der Waals surface area contributed by atoms with Crippen LogP contribution in [0.15, 0.2) is 29.2 Å². The molecule has 0 spiro atoms. The molecule has 1 fully saturated rings. The summed E-state index contributed by atoms with van der Waals surface area (Å²) in [6.07, 6.45) is 0. The monoisotopic (exact) mass is 286 g/mol. The summed E-state index contributed by atoms with van der Waals surface area (Å²) < 4.78 is 36.3. The fourth-order valence-corrected chi connectivity index (χ4v) is 2.61. The van der Waals surface area contributed by atoms with Gasteiger partial charge in [-0.3, -0.25) is 4.55 Å². The smallest absolute Gasteiger partial charge is 0.294 e. The highest BCUT2D eigenvalue weighted by molar-refractivity contribution is 7.85. The lowest BCUT2D eigenvalue weighted by Crippen LogP contribution is -2.49. The molecule has 0 aromatic heterocycles. The zero-order chi connectivity index (χ0) is 13.9. The Hall–Kier alpha value is -1.15. The molecule has 1 heterocycles. The second-order valence-electron chi connectivity index (χ2n) is 4.25. The minimum Gasteiger partial charge on any atom is -0.379 e. The van der Waals surface area contributed by atoms with E-state index < -0.39 is 10.1 Å². The largest absolute Gasteiger partial charge is 0.379 e. The molecular weight excluding hydrogens is 268 g/mol. The lowest BCUT2D eigenvalue weighted by atomic mass is 10.3. The van der Waals surface area contributed by atoms with E-state index in [4.69, 9.17) is 9.29 Å². The second kappa shape index (κ2) is 5.87. The molecule has 6 nitrogen and oxygen atoms in total. The molecule has 0 bridgehead atoms. The van der Waals surface area contributed by atoms with E-state index in [-0.39, 0.29) is 4.90 Å². The number of hydrazine groups is 1. The summed E-state index contributed by atoms with van der Waals surface area (Å²) in [6.45, 7) is 5.83. The summed E-state index contributed by atoms with van der Waals surface area (Å²) in [6, 6.07) is 6.21. The number of morpholine rings is 1. The summed E-state index contributed by atoms with van der Waals surface area (Å²) >= 11 is 0. The predicted octanol–water partition coefficient (Wildman–Crippen LogP) is 1.01. The minimum atomic E-state index is -4.13. The van der Waals surface area contributed by atoms with Crippen molar-refractivity contribution in [3.05, 3.63) is 24.3 Å². The van der Waals surface area contributed by atoms with Gasteiger partial charge in [-0.2, -0.15) is 8.42 Å². The van der Waals surface area contributed by atoms with Gasteiger partial charge in [-0.15, -0.1) is 0 Å². The topological polar surface area (TPSA) is 70.1 Å². The number of anilines is 1. The number of hydrogen-bond donors (Lipinski definition) is 1. The Kier molecular flexibility index (Phi) is 4.41. The Bertz CT molecular complexity index is 509. The van der Waals surface area contributed by atoms with Gasteiger partial charge in [0.05, 0.1) is 23.8 Å². The first kappa shape index (κ1) is 14.3. The molecule has 1 aliphatic rings. The molecule has 1 aromatic carbocycles. The van der Waals surface area contributed by atoms with E-state index in [0.717, 1.165) is 25.3 Å². The average Bonchev–Trinajstić information content (AvgIpc) is 2.40. The number of hydrogen-bond acceptors (Lipinski definition) is 5. The third-order valence-corrected chi connectivity index (χ3v) is 3.93. The van der Waals surface area contributed by atoms with E-state index in [1.54, 1.807) is 12.1 Å². The molecule has 7 heteroatoms. The van der Waals surface area contributed by atoms with Gasteiger partial charge in [0.15, 0.2) is 0 Å². The molecule has 1 N–H and O–H groups in total. The van der Waals surface area contributed by atoms with Gasteiger partial charge in [0.1, 0.15) is 0 Å². The normalized spacial score (nSPS) is 17.4. The lowest BCUT2D eigenvalue weighted by molar-refractivity contribution is 0.0322. The molecular formula is C12H18N2O4S. The third kappa shape index (κ3) is 3.44. The Morgan fingerprint density at radius 3 is 2.32 bits per heavy atom. The standard InChI is InChI=1S/C12H18N2O4S/c1-2-14(13-7-9-18-10-8-13)11-3-5-12(6-4-11)19(15,16)17/h3-6H,2,7-10H2,1H3,(H,15,16,17). The number of ether oxygens (including phenoxy) is 1. The number of nitrogens with zero attached hydrogens (tertiary/aromatic N) is 2. The summed E-state index contributed by atoms with van der Waals surface area (Å²) in [5, 5.41) is 4.25. The van der Waals surface area contributed by atoms with Crippen molar-refractivity contribution in [2.24, 2.45) is 0 Å². The Balaban J connectivity index is 2.19. The molecule has 1 aromatic rings. The van der Waals surface area contributed by atoms with Crippen molar-refractivity contribution in [1.29, 1.82) is 0 Å². The van der Waals surface area contributed by atoms with E-state index in [2.05, 4.69) is 10.0 Å². The van der Waals surface area contributed by atoms with Crippen molar-refractivity contribution in [1.82, 2.24) is 5.01 Å². The highest BCUT2D eigenvalue weighted by atomic mass is 32.2. The van der Waals surface area contributed by atoms with Crippen LogP contribution in [0.2, 0.25) is 0 Å². The molecule has 0 amide bonds. The zero-order valence-corrected chi connectivity index (χ0v) is 11.6. The molecule has 0 saturated carbocycles. The van der Waals surface area contributed by atoms with Crippen molar-refractivity contribution in [3.8, 4) is 0 Å². The van der Waals surface area contributed by atoms with E-state index >= 15 is 0 Å². The van der Waals surface area contributed by atoms with Crippen molar-refractivity contribution in [2.45, 2.75) is 11.8 Å². The van der Waals surface area contributed by atoms with E-state index in [9.17, 15) is 8.42 Å². The van der Waals surface area contributed by atoms with Crippen LogP contribution in [-0.4, -0.2) is 50.8 Å². The molecule has 19 heavy (non-hydrogen) atoms. The first-order chi connectivity index (χ1) is 9.02. The molecule has 106 valence electrons. The van der Waals surface area contributed by atoms with E-state index in [0.29, 0.717) is 13.2 Å². The number of rotatable bonds is 4. The van der Waals surface area contributed by atoms with Crippen LogP contribution in [0.4, 0.5) is 5.69 Å². The Morgan fingerprint density at radius 2 is 1.84 bits per heavy atom. The first-order valence-electron chi connectivity index (χ1n) is 6.20. The van der Waals surface area contributed by atoms with Gasteiger partial charge in [-0.1, -0.05) is 0 Å². The van der Waals surface area contributed by atoms with Gasteiger partial charge in [0, 0.05) is 19.6 Å². The molecule has 2 rings (SSSR count). The SMILES string of the molecule is CCN(c1ccc(S(=O)(=O)O)cc1)N1CCOCC1. The van der Waals surface area contributed by atoms with Crippen molar-refractivity contribution >= 4 is 15.8 Å². The molecule has 1 saturated heterocycles. The Labute approximate surface area is 113 Å². The van der Waals surface area contributed by atoms with Crippen LogP contribution in [0.1, 0.15) is 6.92 Å². The highest BCUT2D eigenvalue weighted by Crippen LogP contribution is 2.20. The second-order valence-corrected chi connectivity index (χ2v) is 5.67. The molecule has 0 atom stereocenters. The van der Waals surface area contributed by atoms with Crippen LogP contribution in [0, 0.1) is 0 Å².